The molecule has 1 unspecified atom stereocenters. The smallest absolute Gasteiger partial charge is 0.229 e. The third kappa shape index (κ3) is 4.13. The Morgan fingerprint density at radius 1 is 1.50 bits per heavy atom. The van der Waals surface area contributed by atoms with E-state index in [1.807, 2.05) is 24.3 Å². The van der Waals surface area contributed by atoms with Gasteiger partial charge >= 0.3 is 0 Å². The minimum absolute atomic E-state index is 0.0275. The molecule has 24 heavy (non-hydrogen) atoms. The SMILES string of the molecule is CC(=O)N1CCCC(O)(Cc2nc(Cc3cccc(Cl)c3)no2)C1. The Morgan fingerprint density at radius 3 is 3.08 bits per heavy atom. The van der Waals surface area contributed by atoms with Crippen molar-refractivity contribution in [3.05, 3.63) is 46.6 Å². The fourth-order valence-electron chi connectivity index (χ4n) is 3.07. The molecule has 0 spiro atoms. The zero-order valence-corrected chi connectivity index (χ0v) is 14.3. The van der Waals surface area contributed by atoms with Gasteiger partial charge in [0, 0.05) is 31.5 Å². The van der Waals surface area contributed by atoms with E-state index in [-0.39, 0.29) is 12.3 Å². The predicted octanol–water partition coefficient (Wildman–Crippen LogP) is 2.23. The van der Waals surface area contributed by atoms with Gasteiger partial charge in [-0.2, -0.15) is 4.98 Å². The maximum atomic E-state index is 11.5. The number of carbonyl (C=O) groups excluding carboxylic acids is 1. The van der Waals surface area contributed by atoms with Crippen molar-refractivity contribution in [3.63, 3.8) is 0 Å². The molecule has 7 heteroatoms. The molecule has 0 bridgehead atoms. The van der Waals surface area contributed by atoms with Gasteiger partial charge in [0.25, 0.3) is 0 Å². The lowest BCUT2D eigenvalue weighted by Gasteiger charge is -2.38. The third-order valence-electron chi connectivity index (χ3n) is 4.24. The van der Waals surface area contributed by atoms with Crippen LogP contribution in [0.1, 0.15) is 37.0 Å². The Labute approximate surface area is 145 Å². The van der Waals surface area contributed by atoms with E-state index < -0.39 is 5.60 Å². The van der Waals surface area contributed by atoms with Crippen LogP contribution in [-0.4, -0.2) is 44.7 Å². The van der Waals surface area contributed by atoms with E-state index >= 15 is 0 Å². The van der Waals surface area contributed by atoms with Crippen molar-refractivity contribution < 1.29 is 14.4 Å². The van der Waals surface area contributed by atoms with Crippen LogP contribution >= 0.6 is 11.6 Å². The van der Waals surface area contributed by atoms with Crippen molar-refractivity contribution in [3.8, 4) is 0 Å². The standard InChI is InChI=1S/C17H20ClN3O3/c1-12(22)21-7-3-6-17(23,11-21)10-16-19-15(20-24-16)9-13-4-2-5-14(18)8-13/h2,4-5,8,23H,3,6-7,9-11H2,1H3. The molecule has 6 nitrogen and oxygen atoms in total. The molecule has 0 aliphatic carbocycles. The zero-order chi connectivity index (χ0) is 17.2. The first-order valence-electron chi connectivity index (χ1n) is 7.97. The Bertz CT molecular complexity index is 733. The van der Waals surface area contributed by atoms with Crippen LogP contribution < -0.4 is 0 Å². The number of rotatable bonds is 4. The number of β-amino-alcohol motifs (C(OH)–C–C–N with tert-alkyl or cyclic N) is 1. The van der Waals surface area contributed by atoms with Gasteiger partial charge in [0.05, 0.1) is 12.0 Å². The number of carbonyl (C=O) groups is 1. The zero-order valence-electron chi connectivity index (χ0n) is 13.5. The second-order valence-electron chi connectivity index (χ2n) is 6.36. The number of benzene rings is 1. The van der Waals surface area contributed by atoms with E-state index in [1.54, 1.807) is 4.90 Å². The molecular formula is C17H20ClN3O3. The summed E-state index contributed by atoms with van der Waals surface area (Å²) in [7, 11) is 0. The Hall–Kier alpha value is -1.92. The molecule has 1 saturated heterocycles. The molecule has 1 atom stereocenters. The number of hydrogen-bond donors (Lipinski definition) is 1. The largest absolute Gasteiger partial charge is 0.388 e. The number of hydrogen-bond acceptors (Lipinski definition) is 5. The lowest BCUT2D eigenvalue weighted by molar-refractivity contribution is -0.136. The highest BCUT2D eigenvalue weighted by atomic mass is 35.5. The fourth-order valence-corrected chi connectivity index (χ4v) is 3.28. The molecule has 1 N–H and O–H groups in total. The highest BCUT2D eigenvalue weighted by molar-refractivity contribution is 6.30. The summed E-state index contributed by atoms with van der Waals surface area (Å²) in [5.41, 5.74) is -0.0157. The summed E-state index contributed by atoms with van der Waals surface area (Å²) in [4.78, 5) is 17.5. The van der Waals surface area contributed by atoms with Crippen molar-refractivity contribution in [2.45, 2.75) is 38.2 Å². The van der Waals surface area contributed by atoms with E-state index in [0.29, 0.717) is 42.7 Å². The Kier molecular flexibility index (Phi) is 4.87. The van der Waals surface area contributed by atoms with Crippen molar-refractivity contribution in [1.29, 1.82) is 0 Å². The van der Waals surface area contributed by atoms with E-state index in [2.05, 4.69) is 10.1 Å². The monoisotopic (exact) mass is 349 g/mol. The first-order chi connectivity index (χ1) is 11.4. The molecule has 1 aliphatic heterocycles. The van der Waals surface area contributed by atoms with Crippen LogP contribution in [0, 0.1) is 0 Å². The van der Waals surface area contributed by atoms with E-state index in [0.717, 1.165) is 12.0 Å². The second-order valence-corrected chi connectivity index (χ2v) is 6.79. The van der Waals surface area contributed by atoms with Crippen molar-refractivity contribution >= 4 is 17.5 Å². The van der Waals surface area contributed by atoms with Crippen LogP contribution in [0.2, 0.25) is 5.02 Å². The fraction of sp³-hybridized carbons (Fsp3) is 0.471. The number of likely N-dealkylation sites (tertiary alicyclic amines) is 1. The molecule has 1 aliphatic rings. The van der Waals surface area contributed by atoms with E-state index in [1.165, 1.54) is 6.92 Å². The number of piperidine rings is 1. The topological polar surface area (TPSA) is 79.5 Å². The quantitative estimate of drug-likeness (QED) is 0.915. The summed E-state index contributed by atoms with van der Waals surface area (Å²) >= 11 is 5.97. The summed E-state index contributed by atoms with van der Waals surface area (Å²) in [5.74, 6) is 0.912. The van der Waals surface area contributed by atoms with Gasteiger partial charge in [0.1, 0.15) is 0 Å². The van der Waals surface area contributed by atoms with Crippen LogP contribution in [0.5, 0.6) is 0 Å². The van der Waals surface area contributed by atoms with Gasteiger partial charge in [-0.05, 0) is 30.5 Å². The molecule has 1 aromatic heterocycles. The number of aromatic nitrogens is 2. The highest BCUT2D eigenvalue weighted by Gasteiger charge is 2.36. The maximum Gasteiger partial charge on any atom is 0.229 e. The molecule has 1 aromatic carbocycles. The molecule has 3 rings (SSSR count). The molecule has 0 saturated carbocycles. The van der Waals surface area contributed by atoms with Gasteiger partial charge in [-0.25, -0.2) is 0 Å². The number of amides is 1. The van der Waals surface area contributed by atoms with Crippen molar-refractivity contribution in [2.24, 2.45) is 0 Å². The first kappa shape index (κ1) is 16.9. The van der Waals surface area contributed by atoms with Gasteiger partial charge in [-0.15, -0.1) is 0 Å². The third-order valence-corrected chi connectivity index (χ3v) is 4.48. The van der Waals surface area contributed by atoms with Crippen LogP contribution in [0.25, 0.3) is 0 Å². The van der Waals surface area contributed by atoms with E-state index in [9.17, 15) is 9.90 Å². The average molecular weight is 350 g/mol. The second kappa shape index (κ2) is 6.91. The number of nitrogens with zero attached hydrogens (tertiary/aromatic N) is 3. The highest BCUT2D eigenvalue weighted by Crippen LogP contribution is 2.25. The van der Waals surface area contributed by atoms with Crippen LogP contribution in [0.15, 0.2) is 28.8 Å². The van der Waals surface area contributed by atoms with Crippen molar-refractivity contribution in [2.75, 3.05) is 13.1 Å². The van der Waals surface area contributed by atoms with Gasteiger partial charge in [-0.3, -0.25) is 4.79 Å². The molecule has 128 valence electrons. The predicted molar refractivity (Wildman–Crippen MR) is 88.7 cm³/mol. The number of aliphatic hydroxyl groups is 1. The van der Waals surface area contributed by atoms with Crippen molar-refractivity contribution in [1.82, 2.24) is 15.0 Å². The first-order valence-corrected chi connectivity index (χ1v) is 8.35. The summed E-state index contributed by atoms with van der Waals surface area (Å²) in [6.45, 7) is 2.50. The molecule has 0 radical (unpaired) electrons. The summed E-state index contributed by atoms with van der Waals surface area (Å²) in [6.07, 6.45) is 2.14. The number of halogens is 1. The van der Waals surface area contributed by atoms with Gasteiger partial charge < -0.3 is 14.5 Å². The average Bonchev–Trinajstić information content (AvgIpc) is 2.93. The summed E-state index contributed by atoms with van der Waals surface area (Å²) in [5, 5.41) is 15.4. The summed E-state index contributed by atoms with van der Waals surface area (Å²) in [6, 6.07) is 7.49. The van der Waals surface area contributed by atoms with Crippen LogP contribution in [0.4, 0.5) is 0 Å². The molecule has 2 aromatic rings. The lowest BCUT2D eigenvalue weighted by atomic mass is 9.89. The van der Waals surface area contributed by atoms with Crippen LogP contribution in [-0.2, 0) is 17.6 Å². The molecular weight excluding hydrogens is 330 g/mol. The normalized spacial score (nSPS) is 21.0. The Morgan fingerprint density at radius 2 is 2.33 bits per heavy atom. The van der Waals surface area contributed by atoms with Gasteiger partial charge in [0.15, 0.2) is 5.82 Å². The minimum atomic E-state index is -1.01. The van der Waals surface area contributed by atoms with Crippen LogP contribution in [0.3, 0.4) is 0 Å². The minimum Gasteiger partial charge on any atom is -0.388 e. The Balaban J connectivity index is 1.66. The molecule has 1 amide bonds. The van der Waals surface area contributed by atoms with Gasteiger partial charge in [-0.1, -0.05) is 28.9 Å². The summed E-state index contributed by atoms with van der Waals surface area (Å²) < 4.78 is 5.27. The molecule has 2 heterocycles. The van der Waals surface area contributed by atoms with E-state index in [4.69, 9.17) is 16.1 Å². The van der Waals surface area contributed by atoms with Gasteiger partial charge in [0.2, 0.25) is 11.8 Å². The molecule has 1 fully saturated rings. The maximum absolute atomic E-state index is 11.5. The lowest BCUT2D eigenvalue weighted by Crippen LogP contribution is -2.50.